The number of carbonyl (C=O) groups excluding carboxylic acids is 1. The van der Waals surface area contributed by atoms with Gasteiger partial charge in [0.15, 0.2) is 5.82 Å². The van der Waals surface area contributed by atoms with E-state index in [1.54, 1.807) is 24.5 Å². The molecule has 9 heteroatoms. The standard InChI is InChI=1S/C21H23N5O3S/c27-21(17-6-8-18(9-7-17)30(28,29)26-13-3-4-14-26)24-12-16-25-15-11-23-20(25)19-5-1-2-10-22-19/h1-2,5-11,15H,3-4,12-14,16H2,(H,24,27). The highest BCUT2D eigenvalue weighted by Gasteiger charge is 2.27. The molecule has 0 aliphatic carbocycles. The SMILES string of the molecule is O=C(NCCn1ccnc1-c1ccccn1)c1ccc(S(=O)(=O)N2CCCC2)cc1. The number of hydrogen-bond acceptors (Lipinski definition) is 5. The Morgan fingerprint density at radius 2 is 1.77 bits per heavy atom. The monoisotopic (exact) mass is 425 g/mol. The van der Waals surface area contributed by atoms with E-state index < -0.39 is 10.0 Å². The van der Waals surface area contributed by atoms with Crippen molar-refractivity contribution in [2.24, 2.45) is 0 Å². The smallest absolute Gasteiger partial charge is 0.251 e. The number of pyridine rings is 1. The minimum Gasteiger partial charge on any atom is -0.350 e. The van der Waals surface area contributed by atoms with Gasteiger partial charge in [0.05, 0.1) is 4.90 Å². The van der Waals surface area contributed by atoms with Crippen LogP contribution in [-0.2, 0) is 16.6 Å². The first-order valence-electron chi connectivity index (χ1n) is 9.87. The van der Waals surface area contributed by atoms with E-state index >= 15 is 0 Å². The average Bonchev–Trinajstić information content (AvgIpc) is 3.47. The van der Waals surface area contributed by atoms with Crippen LogP contribution in [0.4, 0.5) is 0 Å². The summed E-state index contributed by atoms with van der Waals surface area (Å²) in [6.07, 6.45) is 7.03. The lowest BCUT2D eigenvalue weighted by Gasteiger charge is -2.15. The highest BCUT2D eigenvalue weighted by molar-refractivity contribution is 7.89. The number of nitrogens with zero attached hydrogens (tertiary/aromatic N) is 4. The molecule has 3 heterocycles. The summed E-state index contributed by atoms with van der Waals surface area (Å²) in [4.78, 5) is 21.3. The molecule has 30 heavy (non-hydrogen) atoms. The molecule has 0 bridgehead atoms. The number of hydrogen-bond donors (Lipinski definition) is 1. The van der Waals surface area contributed by atoms with Gasteiger partial charge in [-0.2, -0.15) is 4.31 Å². The van der Waals surface area contributed by atoms with E-state index in [0.717, 1.165) is 24.4 Å². The highest BCUT2D eigenvalue weighted by atomic mass is 32.2. The van der Waals surface area contributed by atoms with Gasteiger partial charge >= 0.3 is 0 Å². The molecular formula is C21H23N5O3S. The first-order valence-corrected chi connectivity index (χ1v) is 11.3. The summed E-state index contributed by atoms with van der Waals surface area (Å²) < 4.78 is 28.6. The normalized spacial score (nSPS) is 14.7. The molecule has 4 rings (SSSR count). The van der Waals surface area contributed by atoms with Crippen LogP contribution in [0.1, 0.15) is 23.2 Å². The van der Waals surface area contributed by atoms with Gasteiger partial charge in [-0.15, -0.1) is 0 Å². The van der Waals surface area contributed by atoms with Crippen LogP contribution in [0.3, 0.4) is 0 Å². The molecule has 0 unspecified atom stereocenters. The lowest BCUT2D eigenvalue weighted by molar-refractivity contribution is 0.0952. The largest absolute Gasteiger partial charge is 0.350 e. The van der Waals surface area contributed by atoms with Crippen molar-refractivity contribution in [3.8, 4) is 11.5 Å². The number of benzene rings is 1. The van der Waals surface area contributed by atoms with E-state index in [4.69, 9.17) is 0 Å². The molecule has 156 valence electrons. The fourth-order valence-electron chi connectivity index (χ4n) is 3.47. The van der Waals surface area contributed by atoms with E-state index in [0.29, 0.717) is 31.7 Å². The van der Waals surface area contributed by atoms with Gasteiger partial charge in [-0.05, 0) is 49.2 Å². The molecule has 1 aliphatic heterocycles. The number of sulfonamides is 1. The van der Waals surface area contributed by atoms with Gasteiger partial charge in [-0.1, -0.05) is 6.07 Å². The van der Waals surface area contributed by atoms with Crippen LogP contribution in [0.25, 0.3) is 11.5 Å². The Kier molecular flexibility index (Phi) is 5.91. The van der Waals surface area contributed by atoms with E-state index in [-0.39, 0.29) is 10.8 Å². The Hall–Kier alpha value is -3.04. The summed E-state index contributed by atoms with van der Waals surface area (Å²) in [6, 6.07) is 11.7. The second-order valence-corrected chi connectivity index (χ2v) is 8.99. The number of carbonyl (C=O) groups is 1. The fraction of sp³-hybridized carbons (Fsp3) is 0.286. The van der Waals surface area contributed by atoms with Gasteiger partial charge < -0.3 is 9.88 Å². The molecule has 2 aromatic heterocycles. The summed E-state index contributed by atoms with van der Waals surface area (Å²) in [6.45, 7) is 2.06. The zero-order valence-electron chi connectivity index (χ0n) is 16.4. The summed E-state index contributed by atoms with van der Waals surface area (Å²) in [5.41, 5.74) is 1.19. The molecule has 3 aromatic rings. The first-order chi connectivity index (χ1) is 14.6. The van der Waals surface area contributed by atoms with Crippen molar-refractivity contribution in [3.05, 3.63) is 66.6 Å². The Balaban J connectivity index is 1.36. The molecule has 1 aromatic carbocycles. The van der Waals surface area contributed by atoms with Gasteiger partial charge in [0.2, 0.25) is 10.0 Å². The third kappa shape index (κ3) is 4.27. The maximum atomic E-state index is 12.6. The van der Waals surface area contributed by atoms with Crippen molar-refractivity contribution in [2.45, 2.75) is 24.3 Å². The van der Waals surface area contributed by atoms with Gasteiger partial charge in [0.1, 0.15) is 5.69 Å². The molecule has 1 N–H and O–H groups in total. The lowest BCUT2D eigenvalue weighted by Crippen LogP contribution is -2.28. The predicted octanol–water partition coefficient (Wildman–Crippen LogP) is 2.16. The Morgan fingerprint density at radius 1 is 1.00 bits per heavy atom. The number of nitrogens with one attached hydrogen (secondary N) is 1. The van der Waals surface area contributed by atoms with Crippen LogP contribution >= 0.6 is 0 Å². The van der Waals surface area contributed by atoms with E-state index in [1.807, 2.05) is 29.0 Å². The summed E-state index contributed by atoms with van der Waals surface area (Å²) in [7, 11) is -3.47. The molecule has 1 amide bonds. The molecule has 0 atom stereocenters. The molecule has 0 spiro atoms. The molecule has 1 aliphatic rings. The van der Waals surface area contributed by atoms with Crippen molar-refractivity contribution < 1.29 is 13.2 Å². The van der Waals surface area contributed by atoms with Crippen LogP contribution < -0.4 is 5.32 Å². The molecule has 1 fully saturated rings. The van der Waals surface area contributed by atoms with Crippen molar-refractivity contribution >= 4 is 15.9 Å². The Morgan fingerprint density at radius 3 is 2.47 bits per heavy atom. The quantitative estimate of drug-likeness (QED) is 0.626. The number of rotatable bonds is 7. The van der Waals surface area contributed by atoms with Crippen molar-refractivity contribution in [1.29, 1.82) is 0 Å². The van der Waals surface area contributed by atoms with Crippen molar-refractivity contribution in [1.82, 2.24) is 24.2 Å². The second kappa shape index (κ2) is 8.76. The van der Waals surface area contributed by atoms with Crippen molar-refractivity contribution in [3.63, 3.8) is 0 Å². The number of aromatic nitrogens is 3. The van der Waals surface area contributed by atoms with Crippen LogP contribution in [0.15, 0.2) is 66.0 Å². The van der Waals surface area contributed by atoms with Crippen molar-refractivity contribution in [2.75, 3.05) is 19.6 Å². The summed E-state index contributed by atoms with van der Waals surface area (Å²) in [5.74, 6) is 0.487. The second-order valence-electron chi connectivity index (χ2n) is 7.05. The van der Waals surface area contributed by atoms with Crippen LogP contribution in [0, 0.1) is 0 Å². The van der Waals surface area contributed by atoms with Gasteiger partial charge in [0, 0.05) is 50.3 Å². The van der Waals surface area contributed by atoms with E-state index in [1.165, 1.54) is 16.4 Å². The Labute approximate surface area is 175 Å². The maximum absolute atomic E-state index is 12.6. The fourth-order valence-corrected chi connectivity index (χ4v) is 4.98. The zero-order valence-corrected chi connectivity index (χ0v) is 17.3. The minimum absolute atomic E-state index is 0.222. The van der Waals surface area contributed by atoms with Gasteiger partial charge in [-0.25, -0.2) is 13.4 Å². The number of imidazole rings is 1. The molecule has 0 saturated carbocycles. The Bertz CT molecular complexity index is 1110. The third-order valence-corrected chi connectivity index (χ3v) is 6.98. The van der Waals surface area contributed by atoms with Crippen LogP contribution in [-0.4, -0.2) is 52.8 Å². The number of amides is 1. The van der Waals surface area contributed by atoms with E-state index in [2.05, 4.69) is 15.3 Å². The summed E-state index contributed by atoms with van der Waals surface area (Å²) >= 11 is 0. The predicted molar refractivity (Wildman–Crippen MR) is 112 cm³/mol. The average molecular weight is 426 g/mol. The zero-order chi connectivity index (χ0) is 21.0. The molecule has 0 radical (unpaired) electrons. The maximum Gasteiger partial charge on any atom is 0.251 e. The topological polar surface area (TPSA) is 97.2 Å². The van der Waals surface area contributed by atoms with Gasteiger partial charge in [-0.3, -0.25) is 9.78 Å². The first kappa shape index (κ1) is 20.2. The molecule has 8 nitrogen and oxygen atoms in total. The van der Waals surface area contributed by atoms with Gasteiger partial charge in [0.25, 0.3) is 5.91 Å². The lowest BCUT2D eigenvalue weighted by atomic mass is 10.2. The van der Waals surface area contributed by atoms with E-state index in [9.17, 15) is 13.2 Å². The highest BCUT2D eigenvalue weighted by Crippen LogP contribution is 2.21. The minimum atomic E-state index is -3.47. The van der Waals surface area contributed by atoms with Crippen LogP contribution in [0.5, 0.6) is 0 Å². The van der Waals surface area contributed by atoms with Crippen LogP contribution in [0.2, 0.25) is 0 Å². The molecular weight excluding hydrogens is 402 g/mol. The summed E-state index contributed by atoms with van der Waals surface area (Å²) in [5, 5.41) is 2.86. The molecule has 1 saturated heterocycles. The third-order valence-electron chi connectivity index (χ3n) is 5.07.